The number of carbonyl (C=O) groups excluding carboxylic acids is 4. The first-order valence-electron chi connectivity index (χ1n) is 13.5. The summed E-state index contributed by atoms with van der Waals surface area (Å²) in [5.74, 6) is -4.79. The monoisotopic (exact) mass is 554 g/mol. The molecular weight excluding hydrogens is 517 g/mol. The van der Waals surface area contributed by atoms with E-state index >= 15 is 0 Å². The molecule has 3 aliphatic heterocycles. The smallest absolute Gasteiger partial charge is 0.350 e. The van der Waals surface area contributed by atoms with Crippen LogP contribution in [0.2, 0.25) is 18.1 Å². The number of halogens is 3. The Morgan fingerprint density at radius 3 is 2.34 bits per heavy atom. The number of hydrogen-bond donors (Lipinski definition) is 2. The first-order valence-corrected chi connectivity index (χ1v) is 16.3. The molecular formula is C26H37F3N4O4Si. The molecule has 1 saturated carbocycles. The van der Waals surface area contributed by atoms with Gasteiger partial charge in [-0.05, 0) is 37.1 Å². The van der Waals surface area contributed by atoms with Crippen LogP contribution in [0.15, 0.2) is 0 Å². The molecule has 3 amide bonds. The van der Waals surface area contributed by atoms with Crippen molar-refractivity contribution in [3.8, 4) is 6.07 Å². The Labute approximate surface area is 222 Å². The van der Waals surface area contributed by atoms with Crippen LogP contribution < -0.4 is 10.6 Å². The van der Waals surface area contributed by atoms with Gasteiger partial charge < -0.3 is 15.5 Å². The molecule has 210 valence electrons. The van der Waals surface area contributed by atoms with E-state index in [1.807, 2.05) is 0 Å². The number of nitrogens with one attached hydrogen (secondary N) is 2. The molecule has 3 saturated heterocycles. The molecule has 0 aromatic heterocycles. The van der Waals surface area contributed by atoms with Gasteiger partial charge in [-0.15, -0.1) is 0 Å². The van der Waals surface area contributed by atoms with Crippen molar-refractivity contribution < 1.29 is 32.3 Å². The van der Waals surface area contributed by atoms with Crippen molar-refractivity contribution in [1.82, 2.24) is 15.5 Å². The number of nitriles is 1. The number of Topliss-reactive ketones (excluding diaryl/α,β-unsaturated/α-hetero) is 1. The number of carbonyl (C=O) groups is 4. The second kappa shape index (κ2) is 9.95. The van der Waals surface area contributed by atoms with E-state index in [4.69, 9.17) is 0 Å². The highest BCUT2D eigenvalue weighted by Crippen LogP contribution is 2.46. The summed E-state index contributed by atoms with van der Waals surface area (Å²) in [6.07, 6.45) is -1.01. The van der Waals surface area contributed by atoms with Gasteiger partial charge in [0.2, 0.25) is 23.5 Å². The number of rotatable bonds is 7. The lowest BCUT2D eigenvalue weighted by atomic mass is 9.76. The van der Waals surface area contributed by atoms with Crippen LogP contribution in [0.4, 0.5) is 13.2 Å². The van der Waals surface area contributed by atoms with Crippen LogP contribution in [-0.4, -0.2) is 66.4 Å². The van der Waals surface area contributed by atoms with Crippen molar-refractivity contribution >= 4 is 31.6 Å². The predicted molar refractivity (Wildman–Crippen MR) is 134 cm³/mol. The maximum Gasteiger partial charge on any atom is 0.449 e. The standard InChI is InChI=1S/C26H37F3N4O4Si/c1-24(2,3)18(11-20(34)26(27,28)29)23(37)33-15-38(8-4-5-9-38)14-19(33)22(36)31-17(13-30)10-16-12-25(6-7-25)32-21(16)35/h16-19H,4-12,14-15H2,1-3H3,(H,31,36)(H,32,35)/t16-,17+,18-,19?/m1/s1. The summed E-state index contributed by atoms with van der Waals surface area (Å²) in [6, 6.07) is 2.64. The van der Waals surface area contributed by atoms with Crippen LogP contribution in [0.25, 0.3) is 0 Å². The average molecular weight is 555 g/mol. The van der Waals surface area contributed by atoms with Crippen LogP contribution in [0, 0.1) is 28.6 Å². The van der Waals surface area contributed by atoms with Crippen LogP contribution in [0.1, 0.15) is 65.7 Å². The highest BCUT2D eigenvalue weighted by atomic mass is 28.3. The predicted octanol–water partition coefficient (Wildman–Crippen LogP) is 3.23. The summed E-state index contributed by atoms with van der Waals surface area (Å²) in [6.45, 7) is 4.87. The lowest BCUT2D eigenvalue weighted by molar-refractivity contribution is -0.174. The van der Waals surface area contributed by atoms with Crippen molar-refractivity contribution in [2.24, 2.45) is 17.3 Å². The minimum Gasteiger partial charge on any atom is -0.350 e. The van der Waals surface area contributed by atoms with E-state index in [0.29, 0.717) is 18.6 Å². The Kier molecular flexibility index (Phi) is 7.49. The Morgan fingerprint density at radius 1 is 1.21 bits per heavy atom. The quantitative estimate of drug-likeness (QED) is 0.469. The number of alkyl halides is 3. The Morgan fingerprint density at radius 2 is 1.84 bits per heavy atom. The number of hydrogen-bond acceptors (Lipinski definition) is 5. The van der Waals surface area contributed by atoms with Crippen molar-refractivity contribution in [2.75, 3.05) is 6.17 Å². The van der Waals surface area contributed by atoms with Gasteiger partial charge in [0, 0.05) is 24.0 Å². The lowest BCUT2D eigenvalue weighted by Crippen LogP contribution is -2.52. The third-order valence-corrected chi connectivity index (χ3v) is 14.1. The third kappa shape index (κ3) is 5.92. The molecule has 12 heteroatoms. The maximum atomic E-state index is 13.8. The fourth-order valence-corrected chi connectivity index (χ4v) is 12.0. The topological polar surface area (TPSA) is 119 Å². The zero-order chi connectivity index (χ0) is 28.1. The zero-order valence-corrected chi connectivity index (χ0v) is 23.2. The van der Waals surface area contributed by atoms with E-state index in [1.54, 1.807) is 20.8 Å². The van der Waals surface area contributed by atoms with Gasteiger partial charge in [0.1, 0.15) is 12.1 Å². The van der Waals surface area contributed by atoms with E-state index in [1.165, 1.54) is 4.90 Å². The van der Waals surface area contributed by atoms with Gasteiger partial charge in [-0.25, -0.2) is 0 Å². The highest BCUT2D eigenvalue weighted by molar-refractivity contribution is 6.82. The van der Waals surface area contributed by atoms with E-state index in [2.05, 4.69) is 16.7 Å². The molecule has 8 nitrogen and oxygen atoms in total. The van der Waals surface area contributed by atoms with Gasteiger partial charge in [0.15, 0.2) is 0 Å². The minimum absolute atomic E-state index is 0.116. The van der Waals surface area contributed by atoms with Crippen LogP contribution in [-0.2, 0) is 19.2 Å². The van der Waals surface area contributed by atoms with E-state index < -0.39 is 61.7 Å². The van der Waals surface area contributed by atoms with Gasteiger partial charge >= 0.3 is 6.18 Å². The second-order valence-corrected chi connectivity index (χ2v) is 17.8. The molecule has 2 N–H and O–H groups in total. The normalized spacial score (nSPS) is 27.2. The van der Waals surface area contributed by atoms with Crippen LogP contribution >= 0.6 is 0 Å². The second-order valence-electron chi connectivity index (χ2n) is 13.0. The Balaban J connectivity index is 1.52. The first-order chi connectivity index (χ1) is 17.6. The SMILES string of the molecule is CC(C)(C)[C@H](CC(=O)C(F)(F)F)C(=O)N1C[Si]2(CCCC2)CC1C(=O)N[C@H](C#N)C[C@@H]1CC2(CC2)NC1=O. The van der Waals surface area contributed by atoms with Gasteiger partial charge in [0.25, 0.3) is 0 Å². The van der Waals surface area contributed by atoms with E-state index in [9.17, 15) is 37.6 Å². The molecule has 2 spiro atoms. The summed E-state index contributed by atoms with van der Waals surface area (Å²) >= 11 is 0. The lowest BCUT2D eigenvalue weighted by Gasteiger charge is -2.35. The average Bonchev–Trinajstić information content (AvgIpc) is 3.15. The highest BCUT2D eigenvalue weighted by Gasteiger charge is 2.55. The van der Waals surface area contributed by atoms with Crippen molar-refractivity contribution in [3.05, 3.63) is 0 Å². The fourth-order valence-electron chi connectivity index (χ4n) is 6.62. The van der Waals surface area contributed by atoms with Gasteiger partial charge in [0.05, 0.1) is 20.1 Å². The largest absolute Gasteiger partial charge is 0.449 e. The number of ketones is 1. The van der Waals surface area contributed by atoms with Gasteiger partial charge in [-0.3, -0.25) is 19.2 Å². The Bertz CT molecular complexity index is 1040. The van der Waals surface area contributed by atoms with E-state index in [0.717, 1.165) is 37.8 Å². The molecule has 0 radical (unpaired) electrons. The molecule has 38 heavy (non-hydrogen) atoms. The van der Waals surface area contributed by atoms with E-state index in [-0.39, 0.29) is 23.8 Å². The molecule has 4 aliphatic rings. The molecule has 0 bridgehead atoms. The molecule has 4 rings (SSSR count). The van der Waals surface area contributed by atoms with Gasteiger partial charge in [-0.2, -0.15) is 18.4 Å². The molecule has 1 unspecified atom stereocenters. The summed E-state index contributed by atoms with van der Waals surface area (Å²) in [5.41, 5.74) is -1.09. The fraction of sp³-hybridized carbons (Fsp3) is 0.808. The van der Waals surface area contributed by atoms with Crippen molar-refractivity contribution in [2.45, 2.75) is 108 Å². The minimum atomic E-state index is -5.04. The summed E-state index contributed by atoms with van der Waals surface area (Å²) in [7, 11) is -2.03. The molecule has 4 fully saturated rings. The zero-order valence-electron chi connectivity index (χ0n) is 22.2. The molecule has 0 aromatic carbocycles. The third-order valence-electron chi connectivity index (χ3n) is 9.05. The molecule has 3 heterocycles. The van der Waals surface area contributed by atoms with Crippen LogP contribution in [0.5, 0.6) is 0 Å². The van der Waals surface area contributed by atoms with Crippen LogP contribution in [0.3, 0.4) is 0 Å². The number of nitrogens with zero attached hydrogens (tertiary/aromatic N) is 2. The first kappa shape index (κ1) is 28.6. The van der Waals surface area contributed by atoms with Gasteiger partial charge in [-0.1, -0.05) is 45.7 Å². The Hall–Kier alpha value is -2.42. The molecule has 4 atom stereocenters. The molecule has 0 aromatic rings. The van der Waals surface area contributed by atoms with Crippen molar-refractivity contribution in [3.63, 3.8) is 0 Å². The molecule has 1 aliphatic carbocycles. The maximum absolute atomic E-state index is 13.8. The summed E-state index contributed by atoms with van der Waals surface area (Å²) < 4.78 is 39.4. The van der Waals surface area contributed by atoms with Crippen molar-refractivity contribution in [1.29, 1.82) is 5.26 Å². The summed E-state index contributed by atoms with van der Waals surface area (Å²) in [4.78, 5) is 53.0. The number of amides is 3. The summed E-state index contributed by atoms with van der Waals surface area (Å²) in [5, 5.41) is 15.5.